The van der Waals surface area contributed by atoms with Crippen LogP contribution >= 0.6 is 15.6 Å². The number of allylic oxidation sites excluding steroid dienone is 4. The Balaban J connectivity index is 5.28. The molecule has 0 aliphatic heterocycles. The summed E-state index contributed by atoms with van der Waals surface area (Å²) in [5, 5.41) is 10.6. The molecule has 0 aromatic rings. The monoisotopic (exact) mass is 1290 g/mol. The van der Waals surface area contributed by atoms with Crippen LogP contribution in [0.2, 0.25) is 0 Å². The van der Waals surface area contributed by atoms with Gasteiger partial charge in [-0.1, -0.05) is 265 Å². The average molecular weight is 1290 g/mol. The minimum absolute atomic E-state index is 0.0971. The highest BCUT2D eigenvalue weighted by molar-refractivity contribution is 7.47. The van der Waals surface area contributed by atoms with Crippen molar-refractivity contribution in [1.82, 2.24) is 0 Å². The Bertz CT molecular complexity index is 1830. The first-order valence-corrected chi connectivity index (χ1v) is 38.2. The Morgan fingerprint density at radius 3 is 0.920 bits per heavy atom. The van der Waals surface area contributed by atoms with Gasteiger partial charge in [0.1, 0.15) is 19.3 Å². The number of rotatable bonds is 65. The summed E-state index contributed by atoms with van der Waals surface area (Å²) in [6.07, 6.45) is 45.4. The molecule has 0 aliphatic carbocycles. The van der Waals surface area contributed by atoms with E-state index in [1.165, 1.54) is 103 Å². The van der Waals surface area contributed by atoms with E-state index in [1.54, 1.807) is 0 Å². The molecule has 0 aromatic heterocycles. The van der Waals surface area contributed by atoms with E-state index in [0.29, 0.717) is 37.5 Å². The van der Waals surface area contributed by atoms with E-state index in [0.717, 1.165) is 121 Å². The van der Waals surface area contributed by atoms with E-state index in [1.807, 2.05) is 0 Å². The third-order valence-electron chi connectivity index (χ3n) is 15.3. The van der Waals surface area contributed by atoms with Crippen LogP contribution in [0, 0.1) is 17.8 Å². The smallest absolute Gasteiger partial charge is 0.462 e. The van der Waals surface area contributed by atoms with Gasteiger partial charge in [-0.15, -0.1) is 0 Å². The number of aliphatic hydroxyl groups is 1. The van der Waals surface area contributed by atoms with Crippen LogP contribution in [0.25, 0.3) is 0 Å². The second kappa shape index (κ2) is 59.5. The van der Waals surface area contributed by atoms with Crippen molar-refractivity contribution in [3.63, 3.8) is 0 Å². The predicted molar refractivity (Wildman–Crippen MR) is 354 cm³/mol. The van der Waals surface area contributed by atoms with E-state index in [-0.39, 0.29) is 25.7 Å². The first kappa shape index (κ1) is 85.5. The zero-order chi connectivity index (χ0) is 65.2. The number of carbonyl (C=O) groups is 4. The maximum absolute atomic E-state index is 13.0. The van der Waals surface area contributed by atoms with Crippen molar-refractivity contribution in [2.45, 2.75) is 336 Å². The molecule has 0 heterocycles. The van der Waals surface area contributed by atoms with Crippen LogP contribution < -0.4 is 0 Å². The van der Waals surface area contributed by atoms with Crippen LogP contribution in [-0.2, 0) is 65.4 Å². The number of aliphatic hydroxyl groups excluding tert-OH is 1. The summed E-state index contributed by atoms with van der Waals surface area (Å²) in [5.74, 6) is -0.00838. The van der Waals surface area contributed by atoms with Gasteiger partial charge in [0.25, 0.3) is 0 Å². The molecule has 0 bridgehead atoms. The molecule has 88 heavy (non-hydrogen) atoms. The summed E-state index contributed by atoms with van der Waals surface area (Å²) >= 11 is 0. The highest BCUT2D eigenvalue weighted by Crippen LogP contribution is 2.45. The van der Waals surface area contributed by atoms with Crippen molar-refractivity contribution in [3.8, 4) is 0 Å². The molecule has 0 fully saturated rings. The molecule has 19 heteroatoms. The Morgan fingerprint density at radius 1 is 0.352 bits per heavy atom. The molecule has 0 saturated carbocycles. The second-order valence-electron chi connectivity index (χ2n) is 25.7. The largest absolute Gasteiger partial charge is 0.472 e. The third-order valence-corrected chi connectivity index (χ3v) is 17.2. The van der Waals surface area contributed by atoms with Gasteiger partial charge in [0.2, 0.25) is 0 Å². The van der Waals surface area contributed by atoms with Crippen LogP contribution in [-0.4, -0.2) is 96.7 Å². The lowest BCUT2D eigenvalue weighted by Crippen LogP contribution is -2.30. The fourth-order valence-corrected chi connectivity index (χ4v) is 11.4. The van der Waals surface area contributed by atoms with E-state index in [9.17, 15) is 43.2 Å². The lowest BCUT2D eigenvalue weighted by atomic mass is 10.0. The lowest BCUT2D eigenvalue weighted by Gasteiger charge is -2.21. The van der Waals surface area contributed by atoms with Crippen molar-refractivity contribution in [2.24, 2.45) is 17.8 Å². The van der Waals surface area contributed by atoms with Gasteiger partial charge in [0.15, 0.2) is 12.2 Å². The molecule has 0 aliphatic rings. The lowest BCUT2D eigenvalue weighted by molar-refractivity contribution is -0.161. The number of unbranched alkanes of at least 4 members (excludes halogenated alkanes) is 30. The van der Waals surface area contributed by atoms with Crippen LogP contribution in [0.3, 0.4) is 0 Å². The first-order valence-electron chi connectivity index (χ1n) is 35.2. The third kappa shape index (κ3) is 62.4. The van der Waals surface area contributed by atoms with Crippen molar-refractivity contribution < 1.29 is 80.2 Å². The van der Waals surface area contributed by atoms with Crippen molar-refractivity contribution in [1.29, 1.82) is 0 Å². The summed E-state index contributed by atoms with van der Waals surface area (Å²) in [7, 11) is -9.91. The average Bonchev–Trinajstić information content (AvgIpc) is 3.58. The number of phosphoric ester groups is 2. The normalized spacial score (nSPS) is 14.4. The Hall–Kier alpha value is -2.46. The quantitative estimate of drug-likeness (QED) is 0.0169. The van der Waals surface area contributed by atoms with Gasteiger partial charge in [-0.05, 0) is 69.1 Å². The van der Waals surface area contributed by atoms with E-state index in [4.69, 9.17) is 37.0 Å². The SMILES string of the molecule is CCCCCC/C=C\C=C/CCCCCCCC(=O)OC[C@H](COP(=O)(O)OCC(O)COP(=O)(O)OC[C@@H](COC(=O)CCCCCCCCCC(C)C)OC(=O)CCCCCCCCCCCC(C)C)OC(=O)CCCCCCCCCCC(C)C. The zero-order valence-corrected chi connectivity index (χ0v) is 58.5. The summed E-state index contributed by atoms with van der Waals surface area (Å²) in [4.78, 5) is 72.4. The topological polar surface area (TPSA) is 237 Å². The number of ether oxygens (including phenoxy) is 4. The second-order valence-corrected chi connectivity index (χ2v) is 28.6. The molecule has 0 rings (SSSR count). The molecule has 0 aromatic carbocycles. The van der Waals surface area contributed by atoms with Gasteiger partial charge in [0.05, 0.1) is 26.4 Å². The van der Waals surface area contributed by atoms with E-state index < -0.39 is 97.5 Å². The zero-order valence-electron chi connectivity index (χ0n) is 56.7. The number of hydrogen-bond donors (Lipinski definition) is 3. The summed E-state index contributed by atoms with van der Waals surface area (Å²) in [6.45, 7) is 11.6. The van der Waals surface area contributed by atoms with Crippen LogP contribution in [0.1, 0.15) is 318 Å². The summed E-state index contributed by atoms with van der Waals surface area (Å²) in [5.41, 5.74) is 0. The van der Waals surface area contributed by atoms with Crippen molar-refractivity contribution >= 4 is 39.5 Å². The van der Waals surface area contributed by atoms with Crippen LogP contribution in [0.15, 0.2) is 24.3 Å². The minimum atomic E-state index is -4.96. The Morgan fingerprint density at radius 2 is 0.614 bits per heavy atom. The molecule has 518 valence electrons. The molecular formula is C69H130O17P2. The highest BCUT2D eigenvalue weighted by Gasteiger charge is 2.30. The fraction of sp³-hybridized carbons (Fsp3) is 0.884. The molecule has 5 atom stereocenters. The maximum atomic E-state index is 13.0. The molecule has 0 amide bonds. The molecule has 3 N–H and O–H groups in total. The van der Waals surface area contributed by atoms with Crippen LogP contribution in [0.4, 0.5) is 0 Å². The molecule has 0 saturated heterocycles. The first-order chi connectivity index (χ1) is 42.2. The number of hydrogen-bond acceptors (Lipinski definition) is 15. The molecular weight excluding hydrogens is 1160 g/mol. The van der Waals surface area contributed by atoms with Crippen LogP contribution in [0.5, 0.6) is 0 Å². The van der Waals surface area contributed by atoms with E-state index in [2.05, 4.69) is 72.8 Å². The summed E-state index contributed by atoms with van der Waals surface area (Å²) in [6, 6.07) is 0. The molecule has 17 nitrogen and oxygen atoms in total. The number of phosphoric acid groups is 2. The standard InChI is InChI=1S/C69H130O17P2/c1-8-9-10-11-12-13-14-15-16-17-18-21-29-36-43-50-66(71)79-56-64(86-69(74)53-46-39-31-24-23-27-34-41-48-61(4)5)58-83-87(75,76)81-54-63(70)55-82-88(77,78)84-59-65(57-80-67(72)51-44-37-32-25-28-35-42-49-62(6)7)85-68(73)52-45-38-30-22-19-20-26-33-40-47-60(2)3/h13-16,60-65,70H,8-12,17-59H2,1-7H3,(H,75,76)(H,77,78)/b14-13-,16-15-/t63?,64-,65-/m1/s1. The molecule has 0 radical (unpaired) electrons. The van der Waals surface area contributed by atoms with Gasteiger partial charge < -0.3 is 33.8 Å². The predicted octanol–water partition coefficient (Wildman–Crippen LogP) is 19.0. The van der Waals surface area contributed by atoms with Gasteiger partial charge >= 0.3 is 39.5 Å². The Labute approximate surface area is 535 Å². The van der Waals surface area contributed by atoms with Crippen molar-refractivity contribution in [3.05, 3.63) is 24.3 Å². The van der Waals surface area contributed by atoms with Gasteiger partial charge in [-0.25, -0.2) is 9.13 Å². The summed E-state index contributed by atoms with van der Waals surface area (Å²) < 4.78 is 68.1. The minimum Gasteiger partial charge on any atom is -0.462 e. The Kier molecular flexibility index (Phi) is 57.9. The highest BCUT2D eigenvalue weighted by atomic mass is 31.2. The van der Waals surface area contributed by atoms with Gasteiger partial charge in [0, 0.05) is 25.7 Å². The van der Waals surface area contributed by atoms with Gasteiger partial charge in [-0.3, -0.25) is 37.3 Å². The fourth-order valence-electron chi connectivity index (χ4n) is 9.82. The van der Waals surface area contributed by atoms with Gasteiger partial charge in [-0.2, -0.15) is 0 Å². The number of carbonyl (C=O) groups excluding carboxylic acids is 4. The molecule has 3 unspecified atom stereocenters. The number of esters is 4. The molecule has 0 spiro atoms. The van der Waals surface area contributed by atoms with E-state index >= 15 is 0 Å². The van der Waals surface area contributed by atoms with Crippen molar-refractivity contribution in [2.75, 3.05) is 39.6 Å². The maximum Gasteiger partial charge on any atom is 0.472 e.